The molecule has 0 saturated heterocycles. The highest BCUT2D eigenvalue weighted by molar-refractivity contribution is 5.93. The van der Waals surface area contributed by atoms with E-state index in [1.165, 1.54) is 11.6 Å². The van der Waals surface area contributed by atoms with E-state index in [0.29, 0.717) is 23.6 Å². The number of esters is 1. The molecule has 26 heavy (non-hydrogen) atoms. The number of nitro groups is 1. The summed E-state index contributed by atoms with van der Waals surface area (Å²) in [7, 11) is 0. The van der Waals surface area contributed by atoms with Crippen molar-refractivity contribution in [1.82, 2.24) is 9.78 Å². The van der Waals surface area contributed by atoms with Crippen LogP contribution in [0, 0.1) is 24.0 Å². The smallest absolute Gasteiger partial charge is 0.338 e. The molecule has 2 rings (SSSR count). The lowest BCUT2D eigenvalue weighted by molar-refractivity contribution is -0.386. The summed E-state index contributed by atoms with van der Waals surface area (Å²) in [6.07, 6.45) is 0.740. The number of amides is 1. The topological polar surface area (TPSA) is 116 Å². The first kappa shape index (κ1) is 19.1. The third-order valence-corrected chi connectivity index (χ3v) is 3.66. The van der Waals surface area contributed by atoms with Crippen molar-refractivity contribution in [3.8, 4) is 0 Å². The number of rotatable bonds is 7. The second kappa shape index (κ2) is 8.24. The Bertz CT molecular complexity index is 826. The molecule has 1 aromatic carbocycles. The molecule has 9 nitrogen and oxygen atoms in total. The molecule has 0 atom stereocenters. The van der Waals surface area contributed by atoms with Crippen molar-refractivity contribution >= 4 is 23.3 Å². The summed E-state index contributed by atoms with van der Waals surface area (Å²) in [6, 6.07) is 6.29. The average molecular weight is 360 g/mol. The Morgan fingerprint density at radius 1 is 1.27 bits per heavy atom. The third kappa shape index (κ3) is 4.44. The third-order valence-electron chi connectivity index (χ3n) is 3.66. The Hall–Kier alpha value is -3.23. The molecule has 0 unspecified atom stereocenters. The molecule has 0 aliphatic carbocycles. The number of aromatic nitrogens is 2. The number of hydrogen-bond donors (Lipinski definition) is 1. The van der Waals surface area contributed by atoms with Gasteiger partial charge in [-0.3, -0.25) is 19.6 Å². The standard InChI is InChI=1S/C17H20N4O5/c1-4-9-26-17(23)13-5-7-14(8-6-13)18-15(22)10-20-12(3)16(21(24)25)11(2)19-20/h5-8H,4,9-10H2,1-3H3,(H,18,22). The lowest BCUT2D eigenvalue weighted by Gasteiger charge is -2.07. The Labute approximate surface area is 150 Å². The molecular weight excluding hydrogens is 340 g/mol. The normalized spacial score (nSPS) is 10.4. The maximum Gasteiger partial charge on any atom is 0.338 e. The lowest BCUT2D eigenvalue weighted by Crippen LogP contribution is -2.20. The first-order chi connectivity index (χ1) is 12.3. The molecule has 9 heteroatoms. The van der Waals surface area contributed by atoms with E-state index in [2.05, 4.69) is 10.4 Å². The van der Waals surface area contributed by atoms with Crippen LogP contribution in [0.3, 0.4) is 0 Å². The van der Waals surface area contributed by atoms with E-state index in [1.54, 1.807) is 31.2 Å². The Morgan fingerprint density at radius 3 is 2.46 bits per heavy atom. The van der Waals surface area contributed by atoms with Crippen molar-refractivity contribution in [3.05, 3.63) is 51.3 Å². The minimum absolute atomic E-state index is 0.0901. The second-order valence-electron chi connectivity index (χ2n) is 5.70. The van der Waals surface area contributed by atoms with E-state index in [4.69, 9.17) is 4.74 Å². The summed E-state index contributed by atoms with van der Waals surface area (Å²) in [5.74, 6) is -0.800. The van der Waals surface area contributed by atoms with Crippen LogP contribution in [0.5, 0.6) is 0 Å². The van der Waals surface area contributed by atoms with Gasteiger partial charge >= 0.3 is 11.7 Å². The van der Waals surface area contributed by atoms with Gasteiger partial charge in [-0.25, -0.2) is 4.79 Å². The molecule has 1 N–H and O–H groups in total. The van der Waals surface area contributed by atoms with Gasteiger partial charge in [0.25, 0.3) is 0 Å². The maximum absolute atomic E-state index is 12.2. The van der Waals surface area contributed by atoms with Gasteiger partial charge in [0.05, 0.1) is 17.1 Å². The molecule has 0 radical (unpaired) electrons. The van der Waals surface area contributed by atoms with Crippen LogP contribution < -0.4 is 5.32 Å². The number of benzene rings is 1. The van der Waals surface area contributed by atoms with Gasteiger partial charge in [-0.15, -0.1) is 0 Å². The zero-order valence-corrected chi connectivity index (χ0v) is 14.8. The zero-order valence-electron chi connectivity index (χ0n) is 14.8. The van der Waals surface area contributed by atoms with Crippen LogP contribution in [0.2, 0.25) is 0 Å². The van der Waals surface area contributed by atoms with E-state index in [1.807, 2.05) is 6.92 Å². The summed E-state index contributed by atoms with van der Waals surface area (Å²) in [6.45, 7) is 5.17. The molecule has 0 fully saturated rings. The van der Waals surface area contributed by atoms with Gasteiger partial charge in [0.1, 0.15) is 17.9 Å². The highest BCUT2D eigenvalue weighted by Crippen LogP contribution is 2.21. The number of aryl methyl sites for hydroxylation is 1. The van der Waals surface area contributed by atoms with E-state index >= 15 is 0 Å². The predicted molar refractivity (Wildman–Crippen MR) is 94.0 cm³/mol. The summed E-state index contributed by atoms with van der Waals surface area (Å²) in [5.41, 5.74) is 1.38. The summed E-state index contributed by atoms with van der Waals surface area (Å²) < 4.78 is 6.32. The SMILES string of the molecule is CCCOC(=O)c1ccc(NC(=O)Cn2nc(C)c([N+](=O)[O-])c2C)cc1. The van der Waals surface area contributed by atoms with Crippen LogP contribution >= 0.6 is 0 Å². The molecule has 2 aromatic rings. The van der Waals surface area contributed by atoms with Crippen molar-refractivity contribution in [2.24, 2.45) is 0 Å². The van der Waals surface area contributed by atoms with Crippen molar-refractivity contribution < 1.29 is 19.2 Å². The molecule has 138 valence electrons. The lowest BCUT2D eigenvalue weighted by atomic mass is 10.2. The van der Waals surface area contributed by atoms with E-state index < -0.39 is 10.9 Å². The summed E-state index contributed by atoms with van der Waals surface area (Å²) >= 11 is 0. The van der Waals surface area contributed by atoms with E-state index in [9.17, 15) is 19.7 Å². The highest BCUT2D eigenvalue weighted by Gasteiger charge is 2.22. The fourth-order valence-corrected chi connectivity index (χ4v) is 2.41. The molecule has 0 bridgehead atoms. The fourth-order valence-electron chi connectivity index (χ4n) is 2.41. The number of nitrogens with zero attached hydrogens (tertiary/aromatic N) is 3. The number of carbonyl (C=O) groups is 2. The second-order valence-corrected chi connectivity index (χ2v) is 5.70. The Kier molecular flexibility index (Phi) is 6.05. The van der Waals surface area contributed by atoms with Gasteiger partial charge in [-0.05, 0) is 44.5 Å². The van der Waals surface area contributed by atoms with Crippen molar-refractivity contribution in [2.75, 3.05) is 11.9 Å². The van der Waals surface area contributed by atoms with Crippen molar-refractivity contribution in [1.29, 1.82) is 0 Å². The Morgan fingerprint density at radius 2 is 1.92 bits per heavy atom. The van der Waals surface area contributed by atoms with Crippen LogP contribution in [0.15, 0.2) is 24.3 Å². The summed E-state index contributed by atoms with van der Waals surface area (Å²) in [5, 5.41) is 17.7. The van der Waals surface area contributed by atoms with Gasteiger partial charge in [0.15, 0.2) is 0 Å². The number of anilines is 1. The quantitative estimate of drug-likeness (QED) is 0.461. The van der Waals surface area contributed by atoms with Crippen LogP contribution in [0.4, 0.5) is 11.4 Å². The fraction of sp³-hybridized carbons (Fsp3) is 0.353. The number of nitrogens with one attached hydrogen (secondary N) is 1. The molecule has 0 spiro atoms. The minimum atomic E-state index is -0.511. The van der Waals surface area contributed by atoms with Gasteiger partial charge in [-0.2, -0.15) is 5.10 Å². The zero-order chi connectivity index (χ0) is 19.3. The molecule has 1 heterocycles. The van der Waals surface area contributed by atoms with Gasteiger partial charge in [-0.1, -0.05) is 6.92 Å². The van der Waals surface area contributed by atoms with E-state index in [-0.39, 0.29) is 23.8 Å². The molecular formula is C17H20N4O5. The highest BCUT2D eigenvalue weighted by atomic mass is 16.6. The number of carbonyl (C=O) groups excluding carboxylic acids is 2. The molecule has 1 amide bonds. The molecule has 0 aliphatic heterocycles. The predicted octanol–water partition coefficient (Wildman–Crippen LogP) is 2.61. The average Bonchev–Trinajstić information content (AvgIpc) is 2.86. The number of hydrogen-bond acceptors (Lipinski definition) is 6. The first-order valence-corrected chi connectivity index (χ1v) is 8.09. The van der Waals surface area contributed by atoms with Crippen molar-refractivity contribution in [2.45, 2.75) is 33.7 Å². The van der Waals surface area contributed by atoms with Crippen molar-refractivity contribution in [3.63, 3.8) is 0 Å². The minimum Gasteiger partial charge on any atom is -0.462 e. The van der Waals surface area contributed by atoms with Crippen LogP contribution in [0.25, 0.3) is 0 Å². The van der Waals surface area contributed by atoms with Gasteiger partial charge < -0.3 is 10.1 Å². The monoisotopic (exact) mass is 360 g/mol. The molecule has 0 saturated carbocycles. The van der Waals surface area contributed by atoms with Crippen LogP contribution in [-0.4, -0.2) is 33.2 Å². The molecule has 1 aromatic heterocycles. The largest absolute Gasteiger partial charge is 0.462 e. The van der Waals surface area contributed by atoms with Crippen LogP contribution in [-0.2, 0) is 16.1 Å². The van der Waals surface area contributed by atoms with Gasteiger partial charge in [0, 0.05) is 5.69 Å². The first-order valence-electron chi connectivity index (χ1n) is 8.09. The maximum atomic E-state index is 12.2. The Balaban J connectivity index is 2.01. The van der Waals surface area contributed by atoms with Crippen LogP contribution in [0.1, 0.15) is 35.1 Å². The van der Waals surface area contributed by atoms with E-state index in [0.717, 1.165) is 6.42 Å². The molecule has 0 aliphatic rings. The number of ether oxygens (including phenoxy) is 1. The van der Waals surface area contributed by atoms with Gasteiger partial charge in [0.2, 0.25) is 5.91 Å². The summed E-state index contributed by atoms with van der Waals surface area (Å²) in [4.78, 5) is 34.4.